The Hall–Kier alpha value is -1.69. The summed E-state index contributed by atoms with van der Waals surface area (Å²) in [7, 11) is 0. The molecule has 0 aromatic heterocycles. The number of carbonyl (C=O) groups is 2. The van der Waals surface area contributed by atoms with E-state index >= 15 is 0 Å². The minimum absolute atomic E-state index is 0.192. The van der Waals surface area contributed by atoms with Gasteiger partial charge in [-0.3, -0.25) is 4.79 Å². The largest absolute Gasteiger partial charge is 0.454 e. The van der Waals surface area contributed by atoms with Crippen molar-refractivity contribution in [2.45, 2.75) is 6.92 Å². The third-order valence-corrected chi connectivity index (χ3v) is 3.81. The Morgan fingerprint density at radius 1 is 1.00 bits per heavy atom. The minimum atomic E-state index is -0.475. The molecule has 0 aliphatic carbocycles. The maximum atomic E-state index is 12.0. The standard InChI is InChI=1S/C16H13IO3/c1-11-6-2-3-7-12(11)15(18)10-20-16(19)13-8-4-5-9-14(13)17/h2-9H,10H2,1H3. The van der Waals surface area contributed by atoms with Gasteiger partial charge in [-0.2, -0.15) is 0 Å². The van der Waals surface area contributed by atoms with Crippen molar-refractivity contribution in [3.05, 3.63) is 68.8 Å². The SMILES string of the molecule is Cc1ccccc1C(=O)COC(=O)c1ccccc1I. The van der Waals surface area contributed by atoms with Crippen LogP contribution in [-0.2, 0) is 4.74 Å². The van der Waals surface area contributed by atoms with Crippen LogP contribution in [0.4, 0.5) is 0 Å². The second-order valence-electron chi connectivity index (χ2n) is 4.29. The molecule has 2 rings (SSSR count). The average Bonchev–Trinajstić information content (AvgIpc) is 2.45. The second-order valence-corrected chi connectivity index (χ2v) is 5.46. The Kier molecular flexibility index (Phi) is 4.89. The Morgan fingerprint density at radius 2 is 1.60 bits per heavy atom. The number of halogens is 1. The van der Waals surface area contributed by atoms with Crippen molar-refractivity contribution in [3.8, 4) is 0 Å². The third-order valence-electron chi connectivity index (χ3n) is 2.87. The lowest BCUT2D eigenvalue weighted by atomic mass is 10.1. The van der Waals surface area contributed by atoms with Gasteiger partial charge in [0.15, 0.2) is 6.61 Å². The van der Waals surface area contributed by atoms with Crippen LogP contribution in [0.2, 0.25) is 0 Å². The highest BCUT2D eigenvalue weighted by molar-refractivity contribution is 14.1. The minimum Gasteiger partial charge on any atom is -0.454 e. The first kappa shape index (κ1) is 14.7. The fraction of sp³-hybridized carbons (Fsp3) is 0.125. The third kappa shape index (κ3) is 3.45. The zero-order valence-electron chi connectivity index (χ0n) is 10.9. The zero-order valence-corrected chi connectivity index (χ0v) is 13.1. The maximum Gasteiger partial charge on any atom is 0.339 e. The molecule has 0 unspecified atom stereocenters. The first-order chi connectivity index (χ1) is 9.59. The lowest BCUT2D eigenvalue weighted by Gasteiger charge is -2.07. The fourth-order valence-corrected chi connectivity index (χ4v) is 2.41. The van der Waals surface area contributed by atoms with Gasteiger partial charge >= 0.3 is 5.97 Å². The smallest absolute Gasteiger partial charge is 0.339 e. The van der Waals surface area contributed by atoms with E-state index in [9.17, 15) is 9.59 Å². The molecule has 0 N–H and O–H groups in total. The van der Waals surface area contributed by atoms with E-state index in [0.29, 0.717) is 11.1 Å². The summed E-state index contributed by atoms with van der Waals surface area (Å²) in [6.07, 6.45) is 0. The highest BCUT2D eigenvalue weighted by atomic mass is 127. The molecule has 0 radical (unpaired) electrons. The number of ketones is 1. The number of esters is 1. The number of Topliss-reactive ketones (excluding diaryl/α,β-unsaturated/α-hetero) is 1. The molecule has 0 atom stereocenters. The van der Waals surface area contributed by atoms with E-state index in [1.54, 1.807) is 24.3 Å². The van der Waals surface area contributed by atoms with Gasteiger partial charge in [-0.05, 0) is 47.2 Å². The molecule has 3 nitrogen and oxygen atoms in total. The number of ether oxygens (including phenoxy) is 1. The van der Waals surface area contributed by atoms with Crippen LogP contribution in [-0.4, -0.2) is 18.4 Å². The fourth-order valence-electron chi connectivity index (χ4n) is 1.80. The Labute approximate surface area is 131 Å². The molecule has 0 spiro atoms. The summed E-state index contributed by atoms with van der Waals surface area (Å²) in [6.45, 7) is 1.61. The van der Waals surface area contributed by atoms with E-state index in [0.717, 1.165) is 9.13 Å². The topological polar surface area (TPSA) is 43.4 Å². The summed E-state index contributed by atoms with van der Waals surface area (Å²) in [5.74, 6) is -0.667. The van der Waals surface area contributed by atoms with Gasteiger partial charge < -0.3 is 4.74 Å². The van der Waals surface area contributed by atoms with Gasteiger partial charge in [-0.1, -0.05) is 36.4 Å². The predicted molar refractivity (Wildman–Crippen MR) is 85.0 cm³/mol. The molecule has 0 heterocycles. The number of rotatable bonds is 4. The van der Waals surface area contributed by atoms with E-state index < -0.39 is 5.97 Å². The monoisotopic (exact) mass is 380 g/mol. The first-order valence-electron chi connectivity index (χ1n) is 6.10. The molecule has 0 fully saturated rings. The van der Waals surface area contributed by atoms with Gasteiger partial charge in [-0.15, -0.1) is 0 Å². The Bertz CT molecular complexity index is 592. The van der Waals surface area contributed by atoms with Gasteiger partial charge in [0.2, 0.25) is 5.78 Å². The van der Waals surface area contributed by atoms with E-state index in [1.807, 2.05) is 31.2 Å². The average molecular weight is 380 g/mol. The molecule has 102 valence electrons. The van der Waals surface area contributed by atoms with Crippen molar-refractivity contribution in [2.75, 3.05) is 6.61 Å². The first-order valence-corrected chi connectivity index (χ1v) is 7.18. The van der Waals surface area contributed by atoms with Crippen LogP contribution in [0.3, 0.4) is 0 Å². The van der Waals surface area contributed by atoms with Crippen LogP contribution in [0.15, 0.2) is 48.5 Å². The van der Waals surface area contributed by atoms with E-state index in [4.69, 9.17) is 4.74 Å². The quantitative estimate of drug-likeness (QED) is 0.462. The predicted octanol–water partition coefficient (Wildman–Crippen LogP) is 3.64. The van der Waals surface area contributed by atoms with Crippen molar-refractivity contribution in [3.63, 3.8) is 0 Å². The summed E-state index contributed by atoms with van der Waals surface area (Å²) < 4.78 is 5.89. The Morgan fingerprint density at radius 3 is 2.25 bits per heavy atom. The van der Waals surface area contributed by atoms with Crippen LogP contribution < -0.4 is 0 Å². The number of hydrogen-bond donors (Lipinski definition) is 0. The van der Waals surface area contributed by atoms with Crippen LogP contribution in [0.5, 0.6) is 0 Å². The van der Waals surface area contributed by atoms with Crippen molar-refractivity contribution < 1.29 is 14.3 Å². The maximum absolute atomic E-state index is 12.0. The number of benzene rings is 2. The normalized spacial score (nSPS) is 10.1. The molecular weight excluding hydrogens is 367 g/mol. The van der Waals surface area contributed by atoms with Crippen LogP contribution in [0.1, 0.15) is 26.3 Å². The second kappa shape index (κ2) is 6.65. The molecule has 0 saturated heterocycles. The molecule has 0 saturated carbocycles. The molecule has 4 heteroatoms. The summed E-state index contributed by atoms with van der Waals surface area (Å²) in [6, 6.07) is 14.4. The van der Waals surface area contributed by atoms with Crippen molar-refractivity contribution in [1.82, 2.24) is 0 Å². The van der Waals surface area contributed by atoms with Crippen LogP contribution >= 0.6 is 22.6 Å². The molecule has 0 aliphatic heterocycles. The number of carbonyl (C=O) groups excluding carboxylic acids is 2. The van der Waals surface area contributed by atoms with Gasteiger partial charge in [0.1, 0.15) is 0 Å². The highest BCUT2D eigenvalue weighted by Crippen LogP contribution is 2.13. The molecule has 0 aliphatic rings. The van der Waals surface area contributed by atoms with Crippen molar-refractivity contribution in [1.29, 1.82) is 0 Å². The van der Waals surface area contributed by atoms with E-state index in [1.165, 1.54) is 0 Å². The van der Waals surface area contributed by atoms with Gasteiger partial charge in [0.25, 0.3) is 0 Å². The van der Waals surface area contributed by atoms with Crippen LogP contribution in [0, 0.1) is 10.5 Å². The molecule has 2 aromatic rings. The van der Waals surface area contributed by atoms with Gasteiger partial charge in [0, 0.05) is 9.13 Å². The molecule has 2 aromatic carbocycles. The zero-order chi connectivity index (χ0) is 14.5. The number of aryl methyl sites for hydroxylation is 1. The summed E-state index contributed by atoms with van der Waals surface area (Å²) in [5, 5.41) is 0. The summed E-state index contributed by atoms with van der Waals surface area (Å²) in [4.78, 5) is 23.9. The summed E-state index contributed by atoms with van der Waals surface area (Å²) >= 11 is 2.06. The number of hydrogen-bond acceptors (Lipinski definition) is 3. The van der Waals surface area contributed by atoms with E-state index in [2.05, 4.69) is 22.6 Å². The van der Waals surface area contributed by atoms with E-state index in [-0.39, 0.29) is 12.4 Å². The lowest BCUT2D eigenvalue weighted by molar-refractivity contribution is 0.0473. The highest BCUT2D eigenvalue weighted by Gasteiger charge is 2.14. The molecule has 0 amide bonds. The molecule has 20 heavy (non-hydrogen) atoms. The van der Waals surface area contributed by atoms with Crippen LogP contribution in [0.25, 0.3) is 0 Å². The van der Waals surface area contributed by atoms with Gasteiger partial charge in [0.05, 0.1) is 5.56 Å². The molecular formula is C16H13IO3. The Balaban J connectivity index is 2.03. The van der Waals surface area contributed by atoms with Gasteiger partial charge in [-0.25, -0.2) is 4.79 Å². The molecule has 0 bridgehead atoms. The summed E-state index contributed by atoms with van der Waals surface area (Å²) in [5.41, 5.74) is 1.94. The van der Waals surface area contributed by atoms with Crippen molar-refractivity contribution >= 4 is 34.3 Å². The van der Waals surface area contributed by atoms with Crippen molar-refractivity contribution in [2.24, 2.45) is 0 Å². The lowest BCUT2D eigenvalue weighted by Crippen LogP contribution is -2.15.